The number of nitrogens with zero attached hydrogens (tertiary/aromatic N) is 4. The number of ether oxygens (including phenoxy) is 1. The second kappa shape index (κ2) is 12.8. The molecule has 222 valence electrons. The van der Waals surface area contributed by atoms with Crippen molar-refractivity contribution in [2.75, 3.05) is 17.5 Å². The van der Waals surface area contributed by atoms with Crippen molar-refractivity contribution in [3.8, 4) is 0 Å². The lowest BCUT2D eigenvalue weighted by Gasteiger charge is -2.33. The molecule has 0 radical (unpaired) electrons. The lowest BCUT2D eigenvalue weighted by Crippen LogP contribution is -2.44. The van der Waals surface area contributed by atoms with Crippen molar-refractivity contribution in [3.05, 3.63) is 99.5 Å². The number of hydrazone groups is 1. The highest BCUT2D eigenvalue weighted by Crippen LogP contribution is 2.39. The number of anilines is 1. The van der Waals surface area contributed by atoms with Gasteiger partial charge in [-0.05, 0) is 80.4 Å². The molecule has 7 nitrogen and oxygen atoms in total. The number of benzene rings is 3. The minimum absolute atomic E-state index is 0.0495. The van der Waals surface area contributed by atoms with Gasteiger partial charge in [0.2, 0.25) is 0 Å². The first-order chi connectivity index (χ1) is 19.9. The van der Waals surface area contributed by atoms with E-state index in [1.54, 1.807) is 51.3 Å². The van der Waals surface area contributed by atoms with E-state index < -0.39 is 35.3 Å². The van der Waals surface area contributed by atoms with Crippen LogP contribution < -0.4 is 4.31 Å². The van der Waals surface area contributed by atoms with Crippen LogP contribution in [0.2, 0.25) is 10.0 Å². The minimum atomic E-state index is -4.56. The number of halogens is 5. The van der Waals surface area contributed by atoms with Gasteiger partial charge in [0.05, 0.1) is 42.0 Å². The van der Waals surface area contributed by atoms with Crippen LogP contribution in [0.25, 0.3) is 0 Å². The topological polar surface area (TPSA) is 65.5 Å². The highest BCUT2D eigenvalue weighted by atomic mass is 35.5. The Morgan fingerprint density at radius 1 is 0.976 bits per heavy atom. The summed E-state index contributed by atoms with van der Waals surface area (Å²) in [5.41, 5.74) is -0.0491. The highest BCUT2D eigenvalue weighted by Gasteiger charge is 2.43. The Bertz CT molecular complexity index is 1390. The van der Waals surface area contributed by atoms with E-state index in [0.717, 1.165) is 27.6 Å². The van der Waals surface area contributed by atoms with E-state index in [-0.39, 0.29) is 18.8 Å². The van der Waals surface area contributed by atoms with Crippen LogP contribution in [-0.2, 0) is 16.3 Å². The van der Waals surface area contributed by atoms with Gasteiger partial charge in [-0.1, -0.05) is 47.5 Å². The van der Waals surface area contributed by atoms with E-state index in [1.807, 2.05) is 24.3 Å². The molecule has 0 aromatic heterocycles. The Hall–Kier alpha value is -3.41. The molecule has 42 heavy (non-hydrogen) atoms. The third-order valence-electron chi connectivity index (χ3n) is 6.45. The average molecular weight is 640 g/mol. The van der Waals surface area contributed by atoms with E-state index in [2.05, 4.69) is 5.10 Å². The fourth-order valence-electron chi connectivity index (χ4n) is 4.29. The number of urea groups is 1. The van der Waals surface area contributed by atoms with Crippen molar-refractivity contribution >= 4 is 59.4 Å². The maximum atomic E-state index is 14.1. The molecule has 0 saturated heterocycles. The molecule has 0 spiro atoms. The van der Waals surface area contributed by atoms with E-state index in [1.165, 1.54) is 21.4 Å². The van der Waals surface area contributed by atoms with Crippen LogP contribution in [0.1, 0.15) is 37.5 Å². The summed E-state index contributed by atoms with van der Waals surface area (Å²) < 4.78 is 47.4. The van der Waals surface area contributed by atoms with E-state index in [0.29, 0.717) is 22.2 Å². The van der Waals surface area contributed by atoms with Gasteiger partial charge in [0.1, 0.15) is 0 Å². The van der Waals surface area contributed by atoms with Crippen LogP contribution >= 0.6 is 35.3 Å². The van der Waals surface area contributed by atoms with E-state index in [9.17, 15) is 22.8 Å². The number of carbonyl (C=O) groups is 2. The second-order valence-electron chi connectivity index (χ2n) is 9.61. The molecule has 0 atom stereocenters. The van der Waals surface area contributed by atoms with Crippen LogP contribution in [0.4, 0.5) is 28.4 Å². The average Bonchev–Trinajstić information content (AvgIpc) is 3.40. The first-order valence-electron chi connectivity index (χ1n) is 12.9. The van der Waals surface area contributed by atoms with Crippen LogP contribution in [-0.4, -0.2) is 46.8 Å². The zero-order chi connectivity index (χ0) is 30.7. The fourth-order valence-corrected chi connectivity index (χ4v) is 5.41. The van der Waals surface area contributed by atoms with Gasteiger partial charge in [-0.2, -0.15) is 18.3 Å². The van der Waals surface area contributed by atoms with Crippen molar-refractivity contribution < 1.29 is 27.5 Å². The van der Waals surface area contributed by atoms with E-state index >= 15 is 0 Å². The van der Waals surface area contributed by atoms with Crippen molar-refractivity contribution in [3.63, 3.8) is 0 Å². The molecule has 1 aliphatic heterocycles. The molecule has 0 saturated carbocycles. The van der Waals surface area contributed by atoms with Crippen molar-refractivity contribution in [1.29, 1.82) is 0 Å². The van der Waals surface area contributed by atoms with Gasteiger partial charge in [0, 0.05) is 22.3 Å². The molecule has 13 heteroatoms. The predicted octanol–water partition coefficient (Wildman–Crippen LogP) is 8.66. The maximum Gasteiger partial charge on any atom is 0.421 e. The molecule has 0 unspecified atom stereocenters. The molecular formula is C29H27Cl2F3N4O3S. The van der Waals surface area contributed by atoms with Gasteiger partial charge in [-0.15, -0.1) is 0 Å². The zero-order valence-electron chi connectivity index (χ0n) is 22.8. The number of carbonyl (C=O) groups excluding carboxylic acids is 2. The van der Waals surface area contributed by atoms with Crippen LogP contribution in [0.3, 0.4) is 0 Å². The van der Waals surface area contributed by atoms with Crippen molar-refractivity contribution in [1.82, 2.24) is 9.31 Å². The highest BCUT2D eigenvalue weighted by molar-refractivity contribution is 7.99. The van der Waals surface area contributed by atoms with Gasteiger partial charge < -0.3 is 4.74 Å². The Kier molecular flexibility index (Phi) is 9.64. The zero-order valence-corrected chi connectivity index (χ0v) is 25.1. The summed E-state index contributed by atoms with van der Waals surface area (Å²) in [5.74, 6) is 0. The molecule has 0 bridgehead atoms. The summed E-state index contributed by atoms with van der Waals surface area (Å²) in [7, 11) is 0. The van der Waals surface area contributed by atoms with Crippen LogP contribution in [0.5, 0.6) is 0 Å². The molecule has 1 heterocycles. The van der Waals surface area contributed by atoms with Gasteiger partial charge in [-0.25, -0.2) is 23.2 Å². The quantitative estimate of drug-likeness (QED) is 0.243. The van der Waals surface area contributed by atoms with Crippen LogP contribution in [0, 0.1) is 0 Å². The maximum absolute atomic E-state index is 14.1. The lowest BCUT2D eigenvalue weighted by molar-refractivity contribution is -0.137. The lowest BCUT2D eigenvalue weighted by atomic mass is 9.76. The summed E-state index contributed by atoms with van der Waals surface area (Å²) in [5, 5.41) is 6.72. The largest absolute Gasteiger partial charge is 0.449 e. The van der Waals surface area contributed by atoms with Gasteiger partial charge in [-0.3, -0.25) is 0 Å². The first-order valence-corrected chi connectivity index (χ1v) is 14.3. The number of rotatable bonds is 7. The third kappa shape index (κ3) is 6.79. The Morgan fingerprint density at radius 3 is 1.95 bits per heavy atom. The molecule has 4 rings (SSSR count). The van der Waals surface area contributed by atoms with Gasteiger partial charge in [0.15, 0.2) is 0 Å². The fraction of sp³-hybridized carbons (Fsp3) is 0.276. The molecule has 1 aliphatic rings. The Balaban J connectivity index is 1.73. The number of hydrogen-bond acceptors (Lipinski definition) is 5. The smallest absolute Gasteiger partial charge is 0.421 e. The van der Waals surface area contributed by atoms with E-state index in [4.69, 9.17) is 27.9 Å². The molecule has 0 fully saturated rings. The number of amides is 3. The summed E-state index contributed by atoms with van der Waals surface area (Å²) >= 11 is 13.0. The minimum Gasteiger partial charge on any atom is -0.449 e. The molecule has 3 aromatic carbocycles. The monoisotopic (exact) mass is 638 g/mol. The number of alkyl halides is 3. The molecule has 3 amide bonds. The third-order valence-corrected chi connectivity index (χ3v) is 8.23. The SMILES string of the molecule is CCOC(=O)N(SN(C(=O)N1CC(c2ccc(Cl)cc2)(c2ccc(Cl)cc2)C=N1)c1ccc(C(F)(F)F)cc1)C(C)C. The molecule has 3 aromatic rings. The summed E-state index contributed by atoms with van der Waals surface area (Å²) in [6, 6.07) is 17.2. The standard InChI is InChI=1S/C29H27Cl2F3N4O3S/c1-4-41-27(40)37(19(2)3)42-38(25-15-9-22(10-16-25)29(32,33)34)26(39)36-18-28(17-35-36,20-5-11-23(30)12-6-20)21-7-13-24(31)14-8-21/h5-17,19H,4,18H2,1-3H3. The first kappa shape index (κ1) is 31.5. The normalized spacial score (nSPS) is 14.3. The summed E-state index contributed by atoms with van der Waals surface area (Å²) in [6.45, 7) is 5.23. The van der Waals surface area contributed by atoms with Crippen molar-refractivity contribution in [2.24, 2.45) is 5.10 Å². The van der Waals surface area contributed by atoms with Crippen molar-refractivity contribution in [2.45, 2.75) is 38.4 Å². The van der Waals surface area contributed by atoms with Crippen LogP contribution in [0.15, 0.2) is 77.9 Å². The summed E-state index contributed by atoms with van der Waals surface area (Å²) in [6.07, 6.45) is -3.63. The number of hydrogen-bond donors (Lipinski definition) is 0. The Labute approximate surface area is 256 Å². The predicted molar refractivity (Wildman–Crippen MR) is 160 cm³/mol. The Morgan fingerprint density at radius 2 is 1.50 bits per heavy atom. The molecular weight excluding hydrogens is 612 g/mol. The van der Waals surface area contributed by atoms with Gasteiger partial charge in [0.25, 0.3) is 0 Å². The van der Waals surface area contributed by atoms with Gasteiger partial charge >= 0.3 is 18.3 Å². The molecule has 0 aliphatic carbocycles. The molecule has 0 N–H and O–H groups in total. The second-order valence-corrected chi connectivity index (χ2v) is 11.4. The summed E-state index contributed by atoms with van der Waals surface area (Å²) in [4.78, 5) is 26.8.